The maximum absolute atomic E-state index is 11.9. The summed E-state index contributed by atoms with van der Waals surface area (Å²) in [6.07, 6.45) is -2.32. The van der Waals surface area contributed by atoms with E-state index in [0.29, 0.717) is 5.56 Å². The summed E-state index contributed by atoms with van der Waals surface area (Å²) >= 11 is 1.06. The van der Waals surface area contributed by atoms with E-state index in [-0.39, 0.29) is 11.5 Å². The van der Waals surface area contributed by atoms with Crippen LogP contribution < -0.4 is 5.73 Å². The van der Waals surface area contributed by atoms with Gasteiger partial charge in [-0.2, -0.15) is 0 Å². The number of halogens is 2. The number of ketones is 1. The fraction of sp³-hybridized carbons (Fsp3) is 0.364. The van der Waals surface area contributed by atoms with Gasteiger partial charge in [-0.25, -0.2) is 8.78 Å². The van der Waals surface area contributed by atoms with E-state index in [9.17, 15) is 13.6 Å². The highest BCUT2D eigenvalue weighted by Crippen LogP contribution is 2.20. The molecule has 1 aromatic carbocycles. The number of hydrogen-bond acceptors (Lipinski definition) is 3. The summed E-state index contributed by atoms with van der Waals surface area (Å²) in [5.74, 6) is -0.383. The Morgan fingerprint density at radius 3 is 2.38 bits per heavy atom. The lowest BCUT2D eigenvalue weighted by Crippen LogP contribution is -2.26. The third-order valence-electron chi connectivity index (χ3n) is 1.93. The van der Waals surface area contributed by atoms with Gasteiger partial charge in [0.05, 0.1) is 11.8 Å². The van der Waals surface area contributed by atoms with E-state index in [0.717, 1.165) is 16.7 Å². The van der Waals surface area contributed by atoms with Gasteiger partial charge in [0, 0.05) is 10.5 Å². The van der Waals surface area contributed by atoms with E-state index in [4.69, 9.17) is 5.73 Å². The molecule has 0 aliphatic rings. The molecule has 0 aliphatic carbocycles. The normalized spacial score (nSPS) is 12.8. The molecule has 0 saturated carbocycles. The molecule has 2 N–H and O–H groups in total. The second-order valence-corrected chi connectivity index (χ2v) is 4.47. The summed E-state index contributed by atoms with van der Waals surface area (Å²) in [4.78, 5) is 12.2. The van der Waals surface area contributed by atoms with Crippen LogP contribution in [-0.2, 0) is 0 Å². The minimum Gasteiger partial charge on any atom is -0.321 e. The van der Waals surface area contributed by atoms with E-state index in [1.165, 1.54) is 0 Å². The maximum Gasteiger partial charge on any atom is 0.247 e. The monoisotopic (exact) mass is 245 g/mol. The third kappa shape index (κ3) is 3.90. The molecule has 1 rings (SSSR count). The van der Waals surface area contributed by atoms with Crippen molar-refractivity contribution in [2.24, 2.45) is 5.73 Å². The van der Waals surface area contributed by atoms with Crippen molar-refractivity contribution < 1.29 is 13.6 Å². The molecule has 16 heavy (non-hydrogen) atoms. The van der Waals surface area contributed by atoms with Gasteiger partial charge in [0.15, 0.2) is 5.78 Å². The molecule has 0 heterocycles. The zero-order chi connectivity index (χ0) is 12.1. The number of thioether (sulfide) groups is 1. The number of alkyl halides is 2. The number of Topliss-reactive ketones (excluding diaryl/α,β-unsaturated/α-hetero) is 1. The summed E-state index contributed by atoms with van der Waals surface area (Å²) in [6.45, 7) is 1.61. The average Bonchev–Trinajstić information content (AvgIpc) is 2.26. The fourth-order valence-corrected chi connectivity index (χ4v) is 1.78. The van der Waals surface area contributed by atoms with E-state index in [2.05, 4.69) is 0 Å². The Labute approximate surface area is 97.2 Å². The molecule has 88 valence electrons. The number of hydrogen-bond donors (Lipinski definition) is 1. The Balaban J connectivity index is 2.64. The molecule has 1 atom stereocenters. The van der Waals surface area contributed by atoms with Gasteiger partial charge in [-0.3, -0.25) is 4.79 Å². The summed E-state index contributed by atoms with van der Waals surface area (Å²) in [5, 5.41) is 0. The largest absolute Gasteiger partial charge is 0.321 e. The lowest BCUT2D eigenvalue weighted by atomic mass is 10.1. The Hall–Kier alpha value is -0.940. The number of nitrogens with two attached hydrogens (primary N) is 1. The molecule has 0 amide bonds. The van der Waals surface area contributed by atoms with Crippen molar-refractivity contribution >= 4 is 17.5 Å². The highest BCUT2D eigenvalue weighted by molar-refractivity contribution is 7.99. The summed E-state index contributed by atoms with van der Waals surface area (Å²) < 4.78 is 23.9. The van der Waals surface area contributed by atoms with E-state index in [1.807, 2.05) is 0 Å². The topological polar surface area (TPSA) is 43.1 Å². The van der Waals surface area contributed by atoms with Crippen LogP contribution >= 0.6 is 11.8 Å². The van der Waals surface area contributed by atoms with Crippen LogP contribution in [0.1, 0.15) is 17.3 Å². The Morgan fingerprint density at radius 1 is 1.38 bits per heavy atom. The van der Waals surface area contributed by atoms with Crippen molar-refractivity contribution in [3.05, 3.63) is 29.8 Å². The zero-order valence-corrected chi connectivity index (χ0v) is 9.64. The average molecular weight is 245 g/mol. The van der Waals surface area contributed by atoms with Crippen LogP contribution in [0.15, 0.2) is 29.2 Å². The van der Waals surface area contributed by atoms with Crippen molar-refractivity contribution in [3.63, 3.8) is 0 Å². The van der Waals surface area contributed by atoms with Crippen LogP contribution in [0.3, 0.4) is 0 Å². The minimum absolute atomic E-state index is 0.148. The van der Waals surface area contributed by atoms with Crippen LogP contribution in [0.4, 0.5) is 8.78 Å². The van der Waals surface area contributed by atoms with Gasteiger partial charge in [-0.1, -0.05) is 12.1 Å². The SMILES string of the molecule is CC(N)C(=O)c1ccc(SCC(F)F)cc1. The van der Waals surface area contributed by atoms with Crippen LogP contribution in [-0.4, -0.2) is 24.0 Å². The highest BCUT2D eigenvalue weighted by atomic mass is 32.2. The summed E-state index contributed by atoms with van der Waals surface area (Å²) in [6, 6.07) is 5.99. The molecule has 0 aliphatic heterocycles. The Kier molecular flexibility index (Phi) is 4.89. The van der Waals surface area contributed by atoms with Gasteiger partial charge in [-0.15, -0.1) is 11.8 Å². The van der Waals surface area contributed by atoms with Crippen molar-refractivity contribution in [3.8, 4) is 0 Å². The molecule has 0 saturated heterocycles. The lowest BCUT2D eigenvalue weighted by molar-refractivity contribution is 0.0968. The van der Waals surface area contributed by atoms with Crippen LogP contribution in [0.25, 0.3) is 0 Å². The first kappa shape index (κ1) is 13.1. The van der Waals surface area contributed by atoms with Crippen molar-refractivity contribution in [2.75, 3.05) is 5.75 Å². The van der Waals surface area contributed by atoms with Crippen LogP contribution in [0.5, 0.6) is 0 Å². The number of carbonyl (C=O) groups excluding carboxylic acids is 1. The van der Waals surface area contributed by atoms with E-state index < -0.39 is 12.5 Å². The van der Waals surface area contributed by atoms with Crippen molar-refractivity contribution in [1.29, 1.82) is 0 Å². The van der Waals surface area contributed by atoms with Gasteiger partial charge in [0.1, 0.15) is 0 Å². The molecular formula is C11H13F2NOS. The van der Waals surface area contributed by atoms with Crippen LogP contribution in [0.2, 0.25) is 0 Å². The molecule has 0 radical (unpaired) electrons. The minimum atomic E-state index is -2.32. The molecule has 0 aromatic heterocycles. The fourth-order valence-electron chi connectivity index (χ4n) is 1.14. The molecule has 5 heteroatoms. The lowest BCUT2D eigenvalue weighted by Gasteiger charge is -2.05. The standard InChI is InChI=1S/C11H13F2NOS/c1-7(14)11(15)8-2-4-9(5-3-8)16-6-10(12)13/h2-5,7,10H,6,14H2,1H3. The smallest absolute Gasteiger partial charge is 0.247 e. The molecular weight excluding hydrogens is 232 g/mol. The zero-order valence-electron chi connectivity index (χ0n) is 8.82. The first-order chi connectivity index (χ1) is 7.50. The van der Waals surface area contributed by atoms with Gasteiger partial charge in [-0.05, 0) is 19.1 Å². The van der Waals surface area contributed by atoms with Gasteiger partial charge in [0.2, 0.25) is 6.43 Å². The first-order valence-electron chi connectivity index (χ1n) is 4.81. The molecule has 1 aromatic rings. The number of benzene rings is 1. The molecule has 1 unspecified atom stereocenters. The van der Waals surface area contributed by atoms with E-state index in [1.54, 1.807) is 31.2 Å². The molecule has 0 bridgehead atoms. The van der Waals surface area contributed by atoms with Gasteiger partial charge >= 0.3 is 0 Å². The maximum atomic E-state index is 11.9. The first-order valence-corrected chi connectivity index (χ1v) is 5.80. The van der Waals surface area contributed by atoms with Gasteiger partial charge < -0.3 is 5.73 Å². The third-order valence-corrected chi connectivity index (χ3v) is 2.95. The Bertz CT molecular complexity index is 352. The quantitative estimate of drug-likeness (QED) is 0.640. The van der Waals surface area contributed by atoms with Gasteiger partial charge in [0.25, 0.3) is 0 Å². The Morgan fingerprint density at radius 2 is 1.94 bits per heavy atom. The van der Waals surface area contributed by atoms with E-state index >= 15 is 0 Å². The molecule has 0 spiro atoms. The second kappa shape index (κ2) is 5.96. The van der Waals surface area contributed by atoms with Crippen LogP contribution in [0, 0.1) is 0 Å². The predicted molar refractivity (Wildman–Crippen MR) is 61.1 cm³/mol. The summed E-state index contributed by atoms with van der Waals surface area (Å²) in [7, 11) is 0. The molecule has 0 fully saturated rings. The number of rotatable bonds is 5. The second-order valence-electron chi connectivity index (χ2n) is 3.38. The molecule has 2 nitrogen and oxygen atoms in total. The predicted octanol–water partition coefficient (Wildman–Crippen LogP) is 2.57. The highest BCUT2D eigenvalue weighted by Gasteiger charge is 2.10. The summed E-state index contributed by atoms with van der Waals surface area (Å²) in [5.41, 5.74) is 5.96. The van der Waals surface area contributed by atoms with Crippen molar-refractivity contribution in [2.45, 2.75) is 24.3 Å². The number of carbonyl (C=O) groups is 1. The van der Waals surface area contributed by atoms with Crippen molar-refractivity contribution in [1.82, 2.24) is 0 Å².